The Balaban J connectivity index is 1.48. The molecule has 0 fully saturated rings. The first-order valence-corrected chi connectivity index (χ1v) is 16.0. The van der Waals surface area contributed by atoms with Crippen molar-refractivity contribution in [2.24, 2.45) is 0 Å². The van der Waals surface area contributed by atoms with Gasteiger partial charge in [-0.1, -0.05) is 102 Å². The molecule has 2 N–H and O–H groups in total. The standard InChI is InChI=1S/C35H35Cl4NO3/c36-28-16-25(17-29(37)22-28)32-20-27(21-33(34(32)43-15-14-41)26-18-30(38)23-31(39)19-26)35(42)40-13-9-4-2-1-3-6-10-24-11-7-5-8-12-24/h5,7-8,11-12,16-23,41H,1-4,6,9-10,13-15H2,(H,40,42). The van der Waals surface area contributed by atoms with Gasteiger partial charge in [-0.3, -0.25) is 4.79 Å². The molecule has 43 heavy (non-hydrogen) atoms. The predicted octanol–water partition coefficient (Wildman–Crippen LogP) is 10.3. The van der Waals surface area contributed by atoms with E-state index in [1.54, 1.807) is 48.5 Å². The van der Waals surface area contributed by atoms with Crippen molar-refractivity contribution in [3.8, 4) is 28.0 Å². The van der Waals surface area contributed by atoms with Crippen molar-refractivity contribution >= 4 is 52.3 Å². The van der Waals surface area contributed by atoms with Crippen LogP contribution in [0, 0.1) is 0 Å². The zero-order valence-electron chi connectivity index (χ0n) is 23.9. The van der Waals surface area contributed by atoms with Crippen molar-refractivity contribution in [3.63, 3.8) is 0 Å². The summed E-state index contributed by atoms with van der Waals surface area (Å²) >= 11 is 25.4. The van der Waals surface area contributed by atoms with E-state index in [9.17, 15) is 9.90 Å². The molecular weight excluding hydrogens is 624 g/mol. The minimum atomic E-state index is -0.208. The van der Waals surface area contributed by atoms with Crippen LogP contribution in [0.25, 0.3) is 22.3 Å². The molecule has 0 heterocycles. The molecule has 1 amide bonds. The van der Waals surface area contributed by atoms with Gasteiger partial charge in [-0.15, -0.1) is 0 Å². The summed E-state index contributed by atoms with van der Waals surface area (Å²) in [5.41, 5.74) is 4.37. The largest absolute Gasteiger partial charge is 0.490 e. The van der Waals surface area contributed by atoms with E-state index < -0.39 is 0 Å². The molecular formula is C35H35Cl4NO3. The average molecular weight is 659 g/mol. The number of ether oxygens (including phenoxy) is 1. The number of rotatable bonds is 15. The third-order valence-electron chi connectivity index (χ3n) is 7.06. The number of aliphatic hydroxyl groups is 1. The molecule has 4 aromatic rings. The van der Waals surface area contributed by atoms with Gasteiger partial charge in [-0.05, 0) is 84.5 Å². The lowest BCUT2D eigenvalue weighted by Gasteiger charge is -2.19. The maximum absolute atomic E-state index is 13.4. The molecule has 0 aliphatic heterocycles. The molecule has 4 rings (SSSR count). The summed E-state index contributed by atoms with van der Waals surface area (Å²) in [6.45, 7) is 0.420. The maximum Gasteiger partial charge on any atom is 0.251 e. The summed E-state index contributed by atoms with van der Waals surface area (Å²) in [6.07, 6.45) is 7.80. The third-order valence-corrected chi connectivity index (χ3v) is 7.93. The van der Waals surface area contributed by atoms with Gasteiger partial charge in [0, 0.05) is 43.3 Å². The SMILES string of the molecule is O=C(NCCCCCCCCc1ccccc1)c1cc(-c2cc(Cl)cc(Cl)c2)c(OCCO)c(-c2cc(Cl)cc(Cl)c2)c1. The summed E-state index contributed by atoms with van der Waals surface area (Å²) in [5.74, 6) is 0.245. The molecule has 0 spiro atoms. The number of hydrogen-bond acceptors (Lipinski definition) is 3. The number of amides is 1. The monoisotopic (exact) mass is 657 g/mol. The maximum atomic E-state index is 13.4. The molecule has 4 aromatic carbocycles. The summed E-state index contributed by atoms with van der Waals surface area (Å²) < 4.78 is 6.04. The quantitative estimate of drug-likeness (QED) is 0.125. The Bertz CT molecular complexity index is 1400. The van der Waals surface area contributed by atoms with E-state index in [1.807, 2.05) is 6.07 Å². The van der Waals surface area contributed by atoms with E-state index in [0.29, 0.717) is 60.2 Å². The number of aryl methyl sites for hydroxylation is 1. The molecule has 226 valence electrons. The van der Waals surface area contributed by atoms with Crippen molar-refractivity contribution in [1.82, 2.24) is 5.32 Å². The molecule has 0 aliphatic rings. The Labute approximate surface area is 273 Å². The summed E-state index contributed by atoms with van der Waals surface area (Å²) in [6, 6.07) is 24.4. The van der Waals surface area contributed by atoms with Crippen LogP contribution >= 0.6 is 46.4 Å². The van der Waals surface area contributed by atoms with Gasteiger partial charge in [0.15, 0.2) is 0 Å². The minimum Gasteiger partial charge on any atom is -0.490 e. The van der Waals surface area contributed by atoms with Crippen molar-refractivity contribution in [1.29, 1.82) is 0 Å². The van der Waals surface area contributed by atoms with Crippen LogP contribution in [0.15, 0.2) is 78.9 Å². The first kappa shape index (κ1) is 33.2. The van der Waals surface area contributed by atoms with Gasteiger partial charge >= 0.3 is 0 Å². The molecule has 0 aliphatic carbocycles. The van der Waals surface area contributed by atoms with Crippen LogP contribution in [-0.2, 0) is 6.42 Å². The number of aliphatic hydroxyl groups excluding tert-OH is 1. The fourth-order valence-corrected chi connectivity index (χ4v) is 6.07. The molecule has 8 heteroatoms. The van der Waals surface area contributed by atoms with E-state index in [-0.39, 0.29) is 19.1 Å². The minimum absolute atomic E-state index is 0.0421. The fraction of sp³-hybridized carbons (Fsp3) is 0.286. The highest BCUT2D eigenvalue weighted by molar-refractivity contribution is 6.35. The van der Waals surface area contributed by atoms with Crippen LogP contribution in [0.3, 0.4) is 0 Å². The predicted molar refractivity (Wildman–Crippen MR) is 180 cm³/mol. The van der Waals surface area contributed by atoms with Crippen molar-refractivity contribution in [2.45, 2.75) is 44.9 Å². The van der Waals surface area contributed by atoms with Gasteiger partial charge in [0.2, 0.25) is 0 Å². The van der Waals surface area contributed by atoms with Crippen molar-refractivity contribution in [3.05, 3.63) is 110 Å². The molecule has 4 nitrogen and oxygen atoms in total. The van der Waals surface area contributed by atoms with Crippen molar-refractivity contribution < 1.29 is 14.6 Å². The van der Waals surface area contributed by atoms with Crippen LogP contribution < -0.4 is 10.1 Å². The Morgan fingerprint density at radius 3 is 1.72 bits per heavy atom. The lowest BCUT2D eigenvalue weighted by atomic mass is 9.94. The highest BCUT2D eigenvalue weighted by Gasteiger charge is 2.20. The molecule has 0 atom stereocenters. The smallest absolute Gasteiger partial charge is 0.251 e. The first-order valence-electron chi connectivity index (χ1n) is 14.5. The molecule has 0 saturated heterocycles. The third kappa shape index (κ3) is 10.2. The number of halogens is 4. The Hall–Kier alpha value is -2.73. The summed E-state index contributed by atoms with van der Waals surface area (Å²) in [7, 11) is 0. The Morgan fingerprint density at radius 1 is 0.674 bits per heavy atom. The number of unbranched alkanes of at least 4 members (excludes halogenated alkanes) is 5. The number of benzene rings is 4. The molecule has 0 bridgehead atoms. The van der Waals surface area contributed by atoms with Gasteiger partial charge in [0.25, 0.3) is 5.91 Å². The molecule has 0 radical (unpaired) electrons. The second-order valence-corrected chi connectivity index (χ2v) is 12.1. The van der Waals surface area contributed by atoms with E-state index in [4.69, 9.17) is 51.1 Å². The number of hydrogen-bond donors (Lipinski definition) is 2. The number of carbonyl (C=O) groups excluding carboxylic acids is 1. The van der Waals surface area contributed by atoms with Crippen LogP contribution in [0.2, 0.25) is 20.1 Å². The second kappa shape index (κ2) is 16.9. The van der Waals surface area contributed by atoms with Gasteiger partial charge in [-0.25, -0.2) is 0 Å². The zero-order chi connectivity index (χ0) is 30.6. The Kier molecular flexibility index (Phi) is 13.1. The molecule has 0 unspecified atom stereocenters. The number of nitrogens with one attached hydrogen (secondary N) is 1. The normalized spacial score (nSPS) is 11.0. The van der Waals surface area contributed by atoms with Crippen LogP contribution in [0.5, 0.6) is 5.75 Å². The Morgan fingerprint density at radius 2 is 1.19 bits per heavy atom. The van der Waals surface area contributed by atoms with Gasteiger partial charge in [0.05, 0.1) is 6.61 Å². The van der Waals surface area contributed by atoms with E-state index >= 15 is 0 Å². The molecule has 0 saturated carbocycles. The van der Waals surface area contributed by atoms with E-state index in [2.05, 4.69) is 29.6 Å². The topological polar surface area (TPSA) is 58.6 Å². The highest BCUT2D eigenvalue weighted by Crippen LogP contribution is 2.43. The first-order chi connectivity index (χ1) is 20.8. The van der Waals surface area contributed by atoms with Gasteiger partial charge in [-0.2, -0.15) is 0 Å². The van der Waals surface area contributed by atoms with E-state index in [1.165, 1.54) is 24.8 Å². The van der Waals surface area contributed by atoms with Gasteiger partial charge in [0.1, 0.15) is 12.4 Å². The van der Waals surface area contributed by atoms with Crippen LogP contribution in [0.4, 0.5) is 0 Å². The lowest BCUT2D eigenvalue weighted by molar-refractivity contribution is 0.0953. The van der Waals surface area contributed by atoms with Gasteiger partial charge < -0.3 is 15.2 Å². The van der Waals surface area contributed by atoms with Crippen molar-refractivity contribution in [2.75, 3.05) is 19.8 Å². The summed E-state index contributed by atoms with van der Waals surface area (Å²) in [5, 5.41) is 14.4. The van der Waals surface area contributed by atoms with E-state index in [0.717, 1.165) is 25.7 Å². The van der Waals surface area contributed by atoms with Crippen LogP contribution in [-0.4, -0.2) is 30.8 Å². The lowest BCUT2D eigenvalue weighted by Crippen LogP contribution is -2.24. The average Bonchev–Trinajstić information content (AvgIpc) is 2.98. The second-order valence-electron chi connectivity index (χ2n) is 10.4. The van der Waals surface area contributed by atoms with Crippen LogP contribution in [0.1, 0.15) is 54.4 Å². The fourth-order valence-electron chi connectivity index (χ4n) is 5.02. The zero-order valence-corrected chi connectivity index (χ0v) is 26.9. The summed E-state index contributed by atoms with van der Waals surface area (Å²) in [4.78, 5) is 13.4. The number of carbonyl (C=O) groups is 1. The molecule has 0 aromatic heterocycles. The highest BCUT2D eigenvalue weighted by atomic mass is 35.5.